The maximum absolute atomic E-state index is 12.7. The highest BCUT2D eigenvalue weighted by molar-refractivity contribution is 5.76. The summed E-state index contributed by atoms with van der Waals surface area (Å²) in [7, 11) is 0. The Labute approximate surface area is 138 Å². The van der Waals surface area contributed by atoms with E-state index in [9.17, 15) is 14.4 Å². The Balaban J connectivity index is 1.73. The number of rotatable bonds is 4. The van der Waals surface area contributed by atoms with Gasteiger partial charge in [-0.3, -0.25) is 23.8 Å². The second-order valence-electron chi connectivity index (χ2n) is 6.21. The van der Waals surface area contributed by atoms with Crippen LogP contribution >= 0.6 is 0 Å². The van der Waals surface area contributed by atoms with Gasteiger partial charge in [0.25, 0.3) is 5.56 Å². The van der Waals surface area contributed by atoms with Crippen LogP contribution in [0.15, 0.2) is 34.2 Å². The fraction of sp³-hybridized carbons (Fsp3) is 0.500. The lowest BCUT2D eigenvalue weighted by molar-refractivity contribution is -0.136. The van der Waals surface area contributed by atoms with Gasteiger partial charge in [0.2, 0.25) is 5.91 Å². The summed E-state index contributed by atoms with van der Waals surface area (Å²) in [5.41, 5.74) is 0.0594. The van der Waals surface area contributed by atoms with Gasteiger partial charge in [-0.05, 0) is 31.7 Å². The number of aromatic amines is 1. The molecule has 1 aliphatic rings. The van der Waals surface area contributed by atoms with Gasteiger partial charge in [0.15, 0.2) is 0 Å². The van der Waals surface area contributed by atoms with Crippen LogP contribution in [0.1, 0.15) is 24.8 Å². The number of nitrogens with zero attached hydrogens (tertiary/aromatic N) is 4. The maximum Gasteiger partial charge on any atom is 0.328 e. The Bertz CT molecular complexity index is 834. The molecule has 1 fully saturated rings. The van der Waals surface area contributed by atoms with Gasteiger partial charge in [0.05, 0.1) is 18.8 Å². The smallest absolute Gasteiger partial charge is 0.328 e. The van der Waals surface area contributed by atoms with Gasteiger partial charge in [-0.2, -0.15) is 5.10 Å². The summed E-state index contributed by atoms with van der Waals surface area (Å²) in [6.45, 7) is 3.25. The Morgan fingerprint density at radius 3 is 2.92 bits per heavy atom. The van der Waals surface area contributed by atoms with E-state index in [0.717, 1.165) is 24.8 Å². The lowest BCUT2D eigenvalue weighted by atomic mass is 10.0. The molecule has 3 rings (SSSR count). The summed E-state index contributed by atoms with van der Waals surface area (Å²) in [6, 6.07) is 1.32. The first-order valence-electron chi connectivity index (χ1n) is 8.11. The first-order valence-corrected chi connectivity index (χ1v) is 8.11. The lowest BCUT2D eigenvalue weighted by Gasteiger charge is -2.35. The number of likely N-dealkylation sites (tertiary alicyclic amines) is 1. The Morgan fingerprint density at radius 2 is 2.21 bits per heavy atom. The second-order valence-corrected chi connectivity index (χ2v) is 6.21. The topological polar surface area (TPSA) is 93.0 Å². The van der Waals surface area contributed by atoms with Crippen molar-refractivity contribution in [3.05, 3.63) is 51.1 Å². The number of aromatic nitrogens is 4. The third-order valence-electron chi connectivity index (χ3n) is 4.31. The van der Waals surface area contributed by atoms with E-state index in [1.165, 1.54) is 16.8 Å². The van der Waals surface area contributed by atoms with Crippen molar-refractivity contribution >= 4 is 5.91 Å². The third kappa shape index (κ3) is 3.64. The molecule has 24 heavy (non-hydrogen) atoms. The molecule has 0 saturated carbocycles. The van der Waals surface area contributed by atoms with E-state index in [1.807, 2.05) is 22.7 Å². The van der Waals surface area contributed by atoms with Crippen LogP contribution in [0.25, 0.3) is 0 Å². The molecule has 2 aromatic heterocycles. The largest absolute Gasteiger partial charge is 0.336 e. The van der Waals surface area contributed by atoms with Crippen molar-refractivity contribution in [3.8, 4) is 0 Å². The Hall–Kier alpha value is -2.64. The summed E-state index contributed by atoms with van der Waals surface area (Å²) in [6.07, 6.45) is 8.08. The molecular weight excluding hydrogens is 310 g/mol. The van der Waals surface area contributed by atoms with Gasteiger partial charge < -0.3 is 4.90 Å². The van der Waals surface area contributed by atoms with E-state index in [1.54, 1.807) is 6.20 Å². The predicted molar refractivity (Wildman–Crippen MR) is 87.6 cm³/mol. The normalized spacial score (nSPS) is 17.9. The minimum atomic E-state index is -0.563. The monoisotopic (exact) mass is 331 g/mol. The van der Waals surface area contributed by atoms with E-state index in [2.05, 4.69) is 10.1 Å². The van der Waals surface area contributed by atoms with Crippen molar-refractivity contribution in [1.82, 2.24) is 24.2 Å². The number of H-pyrrole nitrogens is 1. The average Bonchev–Trinajstić information content (AvgIpc) is 2.95. The van der Waals surface area contributed by atoms with E-state index in [-0.39, 0.29) is 18.5 Å². The number of aryl methyl sites for hydroxylation is 1. The minimum Gasteiger partial charge on any atom is -0.336 e. The minimum absolute atomic E-state index is 0.0652. The first-order chi connectivity index (χ1) is 11.5. The van der Waals surface area contributed by atoms with Gasteiger partial charge in [-0.25, -0.2) is 4.79 Å². The lowest BCUT2D eigenvalue weighted by Crippen LogP contribution is -2.48. The van der Waals surface area contributed by atoms with Crippen LogP contribution in [0.3, 0.4) is 0 Å². The standard InChI is InChI=1S/C16H21N5O3/c1-12-8-17-20(9-12)10-13-4-2-3-6-21(13)15(23)11-19-7-5-14(22)18-16(19)24/h5,7-9,13H,2-4,6,10-11H2,1H3,(H,18,22,24). The van der Waals surface area contributed by atoms with E-state index < -0.39 is 11.2 Å². The summed E-state index contributed by atoms with van der Waals surface area (Å²) in [4.78, 5) is 39.5. The van der Waals surface area contributed by atoms with Gasteiger partial charge in [-0.1, -0.05) is 0 Å². The number of nitrogens with one attached hydrogen (secondary N) is 1. The predicted octanol–water partition coefficient (Wildman–Crippen LogP) is 0.123. The van der Waals surface area contributed by atoms with Crippen LogP contribution in [-0.4, -0.2) is 42.7 Å². The zero-order valence-electron chi connectivity index (χ0n) is 13.6. The highest BCUT2D eigenvalue weighted by atomic mass is 16.2. The van der Waals surface area contributed by atoms with Crippen molar-refractivity contribution in [3.63, 3.8) is 0 Å². The molecule has 8 heteroatoms. The van der Waals surface area contributed by atoms with Crippen LogP contribution in [0.4, 0.5) is 0 Å². The molecule has 128 valence electrons. The van der Waals surface area contributed by atoms with E-state index in [0.29, 0.717) is 13.1 Å². The zero-order valence-corrected chi connectivity index (χ0v) is 13.6. The summed E-state index contributed by atoms with van der Waals surface area (Å²) < 4.78 is 3.09. The molecule has 2 aromatic rings. The fourth-order valence-electron chi connectivity index (χ4n) is 3.11. The maximum atomic E-state index is 12.7. The number of hydrogen-bond donors (Lipinski definition) is 1. The number of carbonyl (C=O) groups is 1. The molecule has 0 radical (unpaired) electrons. The van der Waals surface area contributed by atoms with Gasteiger partial charge in [0, 0.05) is 25.0 Å². The van der Waals surface area contributed by atoms with E-state index in [4.69, 9.17) is 0 Å². The van der Waals surface area contributed by atoms with Crippen LogP contribution in [-0.2, 0) is 17.9 Å². The van der Waals surface area contributed by atoms with Crippen molar-refractivity contribution in [2.75, 3.05) is 6.54 Å². The Kier molecular flexibility index (Phi) is 4.64. The fourth-order valence-corrected chi connectivity index (χ4v) is 3.11. The zero-order chi connectivity index (χ0) is 17.1. The van der Waals surface area contributed by atoms with Crippen molar-refractivity contribution < 1.29 is 4.79 Å². The second kappa shape index (κ2) is 6.86. The van der Waals surface area contributed by atoms with Crippen LogP contribution in [0, 0.1) is 6.92 Å². The molecule has 1 aliphatic heterocycles. The number of hydrogen-bond acceptors (Lipinski definition) is 4. The van der Waals surface area contributed by atoms with Crippen LogP contribution in [0.5, 0.6) is 0 Å². The quantitative estimate of drug-likeness (QED) is 0.861. The van der Waals surface area contributed by atoms with Crippen molar-refractivity contribution in [2.45, 2.75) is 45.3 Å². The molecule has 1 N–H and O–H groups in total. The highest BCUT2D eigenvalue weighted by Gasteiger charge is 2.27. The third-order valence-corrected chi connectivity index (χ3v) is 4.31. The molecule has 1 amide bonds. The first kappa shape index (κ1) is 16.2. The van der Waals surface area contributed by atoms with Gasteiger partial charge in [0.1, 0.15) is 6.54 Å². The van der Waals surface area contributed by atoms with E-state index >= 15 is 0 Å². The summed E-state index contributed by atoms with van der Waals surface area (Å²) >= 11 is 0. The van der Waals surface area contributed by atoms with Crippen LogP contribution in [0.2, 0.25) is 0 Å². The molecule has 1 atom stereocenters. The molecule has 0 aliphatic carbocycles. The SMILES string of the molecule is Cc1cnn(CC2CCCCN2C(=O)Cn2ccc(=O)[nH]c2=O)c1. The Morgan fingerprint density at radius 1 is 1.38 bits per heavy atom. The van der Waals surface area contributed by atoms with Crippen molar-refractivity contribution in [2.24, 2.45) is 0 Å². The number of piperidine rings is 1. The van der Waals surface area contributed by atoms with Crippen LogP contribution < -0.4 is 11.2 Å². The molecular formula is C16H21N5O3. The molecule has 1 unspecified atom stereocenters. The molecule has 0 spiro atoms. The molecule has 0 bridgehead atoms. The summed E-state index contributed by atoms with van der Waals surface area (Å²) in [5, 5.41) is 4.30. The number of amides is 1. The van der Waals surface area contributed by atoms with Crippen molar-refractivity contribution in [1.29, 1.82) is 0 Å². The molecule has 1 saturated heterocycles. The number of carbonyl (C=O) groups excluding carboxylic acids is 1. The van der Waals surface area contributed by atoms with Gasteiger partial charge >= 0.3 is 5.69 Å². The molecule has 8 nitrogen and oxygen atoms in total. The molecule has 3 heterocycles. The average molecular weight is 331 g/mol. The highest BCUT2D eigenvalue weighted by Crippen LogP contribution is 2.19. The molecule has 0 aromatic carbocycles. The van der Waals surface area contributed by atoms with Gasteiger partial charge in [-0.15, -0.1) is 0 Å². The summed E-state index contributed by atoms with van der Waals surface area (Å²) in [5.74, 6) is -0.113.